The Morgan fingerprint density at radius 3 is 2.55 bits per heavy atom. The number of hydrogen-bond acceptors (Lipinski definition) is 3. The van der Waals surface area contributed by atoms with E-state index in [2.05, 4.69) is 64.8 Å². The summed E-state index contributed by atoms with van der Waals surface area (Å²) in [4.78, 5) is 15.0. The van der Waals surface area contributed by atoms with Crippen LogP contribution in [0.2, 0.25) is 5.02 Å². The van der Waals surface area contributed by atoms with Crippen molar-refractivity contribution < 1.29 is 4.79 Å². The Balaban J connectivity index is 1.16. The molecule has 3 aromatic rings. The average Bonchev–Trinajstić information content (AvgIpc) is 2.81. The highest BCUT2D eigenvalue weighted by Gasteiger charge is 2.24. The van der Waals surface area contributed by atoms with Crippen LogP contribution in [-0.2, 0) is 17.1 Å². The molecule has 0 atom stereocenters. The summed E-state index contributed by atoms with van der Waals surface area (Å²) in [6.45, 7) is 3.64. The van der Waals surface area contributed by atoms with Gasteiger partial charge in [0.1, 0.15) is 0 Å². The number of benzene rings is 3. The Bertz CT molecular complexity index is 994. The Morgan fingerprint density at radius 1 is 1.00 bits per heavy atom. The van der Waals surface area contributed by atoms with Crippen LogP contribution in [0.5, 0.6) is 0 Å². The normalized spacial score (nSPS) is 15.3. The molecule has 1 heterocycles. The maximum atomic E-state index is 12.6. The van der Waals surface area contributed by atoms with E-state index in [1.165, 1.54) is 21.9 Å². The maximum absolute atomic E-state index is 12.6. The Kier molecular flexibility index (Phi) is 7.90. The largest absolute Gasteiger partial charge is 0.355 e. The number of nitrogens with zero attached hydrogens (tertiary/aromatic N) is 1. The summed E-state index contributed by atoms with van der Waals surface area (Å²) in [5.74, 6) is 2.23. The molecule has 0 aromatic heterocycles. The second-order valence-electron chi connectivity index (χ2n) is 8.16. The third-order valence-corrected chi connectivity index (χ3v) is 7.24. The SMILES string of the molecule is O=C(NCCSCc1ccc(Cl)cc1)C1CCN(Cc2cccc3ccccc23)CC1. The van der Waals surface area contributed by atoms with Gasteiger partial charge < -0.3 is 5.32 Å². The van der Waals surface area contributed by atoms with Crippen LogP contribution in [0, 0.1) is 5.92 Å². The summed E-state index contributed by atoms with van der Waals surface area (Å²) in [7, 11) is 0. The van der Waals surface area contributed by atoms with Crippen molar-refractivity contribution in [1.29, 1.82) is 0 Å². The molecule has 3 aromatic carbocycles. The van der Waals surface area contributed by atoms with Gasteiger partial charge in [-0.1, -0.05) is 66.2 Å². The first kappa shape index (κ1) is 22.2. The van der Waals surface area contributed by atoms with Gasteiger partial charge in [0, 0.05) is 35.5 Å². The van der Waals surface area contributed by atoms with Crippen LogP contribution in [0.15, 0.2) is 66.7 Å². The van der Waals surface area contributed by atoms with Crippen LogP contribution in [0.25, 0.3) is 10.8 Å². The van der Waals surface area contributed by atoms with Crippen molar-refractivity contribution in [3.63, 3.8) is 0 Å². The number of carbonyl (C=O) groups excluding carboxylic acids is 1. The summed E-state index contributed by atoms with van der Waals surface area (Å²) >= 11 is 7.76. The van der Waals surface area contributed by atoms with Gasteiger partial charge in [0.15, 0.2) is 0 Å². The lowest BCUT2D eigenvalue weighted by Gasteiger charge is -2.31. The van der Waals surface area contributed by atoms with E-state index in [9.17, 15) is 4.79 Å². The van der Waals surface area contributed by atoms with Gasteiger partial charge in [-0.05, 0) is 60.0 Å². The minimum Gasteiger partial charge on any atom is -0.355 e. The smallest absolute Gasteiger partial charge is 0.223 e. The van der Waals surface area contributed by atoms with Gasteiger partial charge in [0.05, 0.1) is 0 Å². The molecule has 4 rings (SSSR count). The summed E-state index contributed by atoms with van der Waals surface area (Å²) in [6, 6.07) is 23.1. The lowest BCUT2D eigenvalue weighted by atomic mass is 9.95. The lowest BCUT2D eigenvalue weighted by Crippen LogP contribution is -2.40. The first-order chi connectivity index (χ1) is 15.2. The van der Waals surface area contributed by atoms with Crippen LogP contribution in [0.1, 0.15) is 24.0 Å². The van der Waals surface area contributed by atoms with Crippen LogP contribution < -0.4 is 5.32 Å². The zero-order valence-electron chi connectivity index (χ0n) is 17.7. The zero-order chi connectivity index (χ0) is 21.5. The van der Waals surface area contributed by atoms with Crippen molar-refractivity contribution in [1.82, 2.24) is 10.2 Å². The fourth-order valence-corrected chi connectivity index (χ4v) is 5.13. The number of thioether (sulfide) groups is 1. The molecule has 1 aliphatic heterocycles. The van der Waals surface area contributed by atoms with E-state index in [0.29, 0.717) is 0 Å². The predicted molar refractivity (Wildman–Crippen MR) is 133 cm³/mol. The predicted octanol–water partition coefficient (Wildman–Crippen LogP) is 5.75. The van der Waals surface area contributed by atoms with Gasteiger partial charge in [0.2, 0.25) is 5.91 Å². The third-order valence-electron chi connectivity index (χ3n) is 5.96. The maximum Gasteiger partial charge on any atom is 0.223 e. The van der Waals surface area contributed by atoms with Crippen molar-refractivity contribution in [2.45, 2.75) is 25.1 Å². The molecule has 0 spiro atoms. The molecule has 1 fully saturated rings. The molecule has 0 bridgehead atoms. The first-order valence-electron chi connectivity index (χ1n) is 11.0. The molecule has 31 heavy (non-hydrogen) atoms. The van der Waals surface area contributed by atoms with Gasteiger partial charge in [-0.2, -0.15) is 11.8 Å². The van der Waals surface area contributed by atoms with E-state index in [1.807, 2.05) is 23.9 Å². The minimum atomic E-state index is 0.144. The molecule has 1 amide bonds. The average molecular weight is 453 g/mol. The van der Waals surface area contributed by atoms with E-state index in [1.54, 1.807) is 0 Å². The Hall–Kier alpha value is -2.01. The third kappa shape index (κ3) is 6.25. The van der Waals surface area contributed by atoms with Gasteiger partial charge in [-0.25, -0.2) is 0 Å². The number of amides is 1. The number of piperidine rings is 1. The highest BCUT2D eigenvalue weighted by atomic mass is 35.5. The highest BCUT2D eigenvalue weighted by Crippen LogP contribution is 2.23. The van der Waals surface area contributed by atoms with Crippen LogP contribution in [0.3, 0.4) is 0 Å². The number of likely N-dealkylation sites (tertiary alicyclic amines) is 1. The molecular formula is C26H29ClN2OS. The number of hydrogen-bond donors (Lipinski definition) is 1. The van der Waals surface area contributed by atoms with Crippen molar-refractivity contribution in [2.24, 2.45) is 5.92 Å². The quantitative estimate of drug-likeness (QED) is 0.441. The summed E-state index contributed by atoms with van der Waals surface area (Å²) in [5, 5.41) is 6.53. The molecule has 162 valence electrons. The second-order valence-corrected chi connectivity index (χ2v) is 9.70. The fraction of sp³-hybridized carbons (Fsp3) is 0.346. The molecule has 3 nitrogen and oxygen atoms in total. The molecule has 0 aliphatic carbocycles. The monoisotopic (exact) mass is 452 g/mol. The van der Waals surface area contributed by atoms with E-state index >= 15 is 0 Å². The van der Waals surface area contributed by atoms with E-state index in [-0.39, 0.29) is 11.8 Å². The molecule has 0 radical (unpaired) electrons. The molecule has 1 saturated heterocycles. The van der Waals surface area contributed by atoms with Crippen molar-refractivity contribution >= 4 is 40.0 Å². The molecule has 1 N–H and O–H groups in total. The summed E-state index contributed by atoms with van der Waals surface area (Å²) in [5.41, 5.74) is 2.64. The van der Waals surface area contributed by atoms with Crippen molar-refractivity contribution in [3.05, 3.63) is 82.9 Å². The topological polar surface area (TPSA) is 32.3 Å². The van der Waals surface area contributed by atoms with Crippen LogP contribution >= 0.6 is 23.4 Å². The van der Waals surface area contributed by atoms with Gasteiger partial charge >= 0.3 is 0 Å². The lowest BCUT2D eigenvalue weighted by molar-refractivity contribution is -0.126. The zero-order valence-corrected chi connectivity index (χ0v) is 19.3. The Morgan fingerprint density at radius 2 is 1.74 bits per heavy atom. The molecule has 0 unspecified atom stereocenters. The number of carbonyl (C=O) groups is 1. The van der Waals surface area contributed by atoms with Crippen molar-refractivity contribution in [2.75, 3.05) is 25.4 Å². The minimum absolute atomic E-state index is 0.144. The van der Waals surface area contributed by atoms with Crippen LogP contribution in [0.4, 0.5) is 0 Å². The second kappa shape index (κ2) is 11.0. The fourth-order valence-electron chi connectivity index (χ4n) is 4.19. The molecular weight excluding hydrogens is 424 g/mol. The highest BCUT2D eigenvalue weighted by molar-refractivity contribution is 7.98. The van der Waals surface area contributed by atoms with Gasteiger partial charge in [0.25, 0.3) is 0 Å². The standard InChI is InChI=1S/C26H29ClN2OS/c27-24-10-8-20(9-11-24)19-31-17-14-28-26(30)22-12-15-29(16-13-22)18-23-6-3-5-21-4-1-2-7-25(21)23/h1-11,22H,12-19H2,(H,28,30). The van der Waals surface area contributed by atoms with E-state index in [0.717, 1.165) is 55.5 Å². The number of halogens is 1. The molecule has 5 heteroatoms. The van der Waals surface area contributed by atoms with E-state index in [4.69, 9.17) is 11.6 Å². The number of fused-ring (bicyclic) bond motifs is 1. The van der Waals surface area contributed by atoms with Gasteiger partial charge in [-0.3, -0.25) is 9.69 Å². The number of nitrogens with one attached hydrogen (secondary N) is 1. The summed E-state index contributed by atoms with van der Waals surface area (Å²) in [6.07, 6.45) is 1.88. The first-order valence-corrected chi connectivity index (χ1v) is 12.5. The van der Waals surface area contributed by atoms with Gasteiger partial charge in [-0.15, -0.1) is 0 Å². The molecule has 1 aliphatic rings. The Labute approximate surface area is 194 Å². The van der Waals surface area contributed by atoms with E-state index < -0.39 is 0 Å². The van der Waals surface area contributed by atoms with Crippen LogP contribution in [-0.4, -0.2) is 36.2 Å². The summed E-state index contributed by atoms with van der Waals surface area (Å²) < 4.78 is 0. The number of rotatable bonds is 8. The van der Waals surface area contributed by atoms with Crippen molar-refractivity contribution in [3.8, 4) is 0 Å². The molecule has 0 saturated carbocycles.